The first kappa shape index (κ1) is 15.7. The molecule has 2 aromatic carbocycles. The number of carbonyl (C=O) groups excluding carboxylic acids is 1. The maximum atomic E-state index is 12.4. The predicted molar refractivity (Wildman–Crippen MR) is 96.1 cm³/mol. The van der Waals surface area contributed by atoms with Crippen LogP contribution in [0.15, 0.2) is 64.0 Å². The number of benzene rings is 2. The van der Waals surface area contributed by atoms with Gasteiger partial charge in [-0.15, -0.1) is 0 Å². The molecule has 0 atom stereocenters. The van der Waals surface area contributed by atoms with E-state index in [-0.39, 0.29) is 11.3 Å². The Kier molecular flexibility index (Phi) is 4.29. The summed E-state index contributed by atoms with van der Waals surface area (Å²) in [5.41, 5.74) is 3.52. The zero-order valence-corrected chi connectivity index (χ0v) is 13.5. The molecule has 1 N–H and O–H groups in total. The van der Waals surface area contributed by atoms with Crippen LogP contribution in [0.4, 0.5) is 5.69 Å². The third kappa shape index (κ3) is 3.43. The summed E-state index contributed by atoms with van der Waals surface area (Å²) in [4.78, 5) is 24.4. The first-order chi connectivity index (χ1) is 11.5. The smallest absolute Gasteiger partial charge is 0.248 e. The molecule has 0 saturated carbocycles. The minimum atomic E-state index is -0.303. The highest BCUT2D eigenvalue weighted by atomic mass is 16.3. The molecule has 0 aliphatic rings. The second-order valence-corrected chi connectivity index (χ2v) is 5.71. The lowest BCUT2D eigenvalue weighted by Crippen LogP contribution is -2.09. The van der Waals surface area contributed by atoms with Gasteiger partial charge in [-0.1, -0.05) is 29.3 Å². The molecule has 24 heavy (non-hydrogen) atoms. The summed E-state index contributed by atoms with van der Waals surface area (Å²) in [5, 5.41) is 3.26. The zero-order chi connectivity index (χ0) is 17.1. The lowest BCUT2D eigenvalue weighted by atomic mass is 10.1. The topological polar surface area (TPSA) is 59.3 Å². The molecule has 4 nitrogen and oxygen atoms in total. The summed E-state index contributed by atoms with van der Waals surface area (Å²) in [6, 6.07) is 12.9. The minimum absolute atomic E-state index is 0.153. The average Bonchev–Trinajstić information content (AvgIpc) is 2.57. The van der Waals surface area contributed by atoms with Crippen molar-refractivity contribution in [3.05, 3.63) is 81.7 Å². The molecule has 0 spiro atoms. The van der Waals surface area contributed by atoms with Crippen molar-refractivity contribution in [1.29, 1.82) is 0 Å². The number of amides is 1. The van der Waals surface area contributed by atoms with Gasteiger partial charge in [0.25, 0.3) is 0 Å². The van der Waals surface area contributed by atoms with Gasteiger partial charge in [0.05, 0.1) is 10.9 Å². The van der Waals surface area contributed by atoms with E-state index in [0.717, 1.165) is 11.1 Å². The van der Waals surface area contributed by atoms with Gasteiger partial charge in [0.2, 0.25) is 5.91 Å². The van der Waals surface area contributed by atoms with Crippen molar-refractivity contribution in [2.24, 2.45) is 0 Å². The highest BCUT2D eigenvalue weighted by molar-refractivity contribution is 6.02. The van der Waals surface area contributed by atoms with Gasteiger partial charge >= 0.3 is 0 Å². The molecular weight excluding hydrogens is 302 g/mol. The number of nitrogens with one attached hydrogen (secondary N) is 1. The molecule has 0 saturated heterocycles. The van der Waals surface area contributed by atoms with Crippen LogP contribution in [0.25, 0.3) is 17.0 Å². The lowest BCUT2D eigenvalue weighted by Gasteiger charge is -2.02. The lowest BCUT2D eigenvalue weighted by molar-refractivity contribution is -0.111. The van der Waals surface area contributed by atoms with Crippen LogP contribution >= 0.6 is 0 Å². The molecular formula is C20H17NO3. The second kappa shape index (κ2) is 6.54. The Hall–Kier alpha value is -3.14. The number of rotatable bonds is 3. The van der Waals surface area contributed by atoms with E-state index in [1.807, 2.05) is 44.2 Å². The average molecular weight is 319 g/mol. The van der Waals surface area contributed by atoms with Gasteiger partial charge in [-0.2, -0.15) is 0 Å². The maximum absolute atomic E-state index is 12.4. The Morgan fingerprint density at radius 2 is 1.75 bits per heavy atom. The van der Waals surface area contributed by atoms with Crippen LogP contribution in [0.5, 0.6) is 0 Å². The molecule has 0 unspecified atom stereocenters. The standard InChI is InChI=1S/C20H17NO3/c1-13-3-7-16(8-4-13)21-19(22)10-6-15-12-24-18-9-5-14(2)11-17(18)20(15)23/h3-12H,1-2H3,(H,21,22)/b10-6+. The third-order valence-corrected chi connectivity index (χ3v) is 3.69. The van der Waals surface area contributed by atoms with Crippen molar-refractivity contribution in [3.63, 3.8) is 0 Å². The number of carbonyl (C=O) groups is 1. The SMILES string of the molecule is Cc1ccc(NC(=O)/C=C/c2coc3ccc(C)cc3c2=O)cc1. The van der Waals surface area contributed by atoms with Crippen LogP contribution in [0.1, 0.15) is 16.7 Å². The summed E-state index contributed by atoms with van der Waals surface area (Å²) in [6.07, 6.45) is 4.17. The van der Waals surface area contributed by atoms with Crippen molar-refractivity contribution < 1.29 is 9.21 Å². The fourth-order valence-corrected chi connectivity index (χ4v) is 2.36. The van der Waals surface area contributed by atoms with Crippen molar-refractivity contribution in [3.8, 4) is 0 Å². The maximum Gasteiger partial charge on any atom is 0.248 e. The summed E-state index contributed by atoms with van der Waals surface area (Å²) < 4.78 is 5.46. The van der Waals surface area contributed by atoms with Crippen LogP contribution in [0.3, 0.4) is 0 Å². The molecule has 4 heteroatoms. The van der Waals surface area contributed by atoms with Gasteiger partial charge in [0.15, 0.2) is 5.43 Å². The Morgan fingerprint density at radius 1 is 1.04 bits per heavy atom. The van der Waals surface area contributed by atoms with Crippen LogP contribution in [-0.4, -0.2) is 5.91 Å². The predicted octanol–water partition coefficient (Wildman–Crippen LogP) is 4.06. The molecule has 1 heterocycles. The number of hydrogen-bond acceptors (Lipinski definition) is 3. The zero-order valence-electron chi connectivity index (χ0n) is 13.5. The summed E-state index contributed by atoms with van der Waals surface area (Å²) in [6.45, 7) is 3.89. The quantitative estimate of drug-likeness (QED) is 0.741. The van der Waals surface area contributed by atoms with Crippen LogP contribution in [-0.2, 0) is 4.79 Å². The molecule has 0 fully saturated rings. The van der Waals surface area contributed by atoms with Crippen LogP contribution in [0.2, 0.25) is 0 Å². The Labute approximate surface area is 139 Å². The van der Waals surface area contributed by atoms with Gasteiger partial charge in [-0.25, -0.2) is 0 Å². The summed E-state index contributed by atoms with van der Waals surface area (Å²) in [7, 11) is 0. The van der Waals surface area contributed by atoms with E-state index in [0.29, 0.717) is 22.2 Å². The third-order valence-electron chi connectivity index (χ3n) is 3.69. The number of aryl methyl sites for hydroxylation is 2. The first-order valence-corrected chi connectivity index (χ1v) is 7.61. The van der Waals surface area contributed by atoms with Crippen molar-refractivity contribution >= 4 is 28.6 Å². The monoisotopic (exact) mass is 319 g/mol. The van der Waals surface area contributed by atoms with E-state index in [4.69, 9.17) is 4.42 Å². The molecule has 0 aliphatic heterocycles. The van der Waals surface area contributed by atoms with Crippen molar-refractivity contribution in [2.45, 2.75) is 13.8 Å². The van der Waals surface area contributed by atoms with E-state index in [2.05, 4.69) is 5.32 Å². The second-order valence-electron chi connectivity index (χ2n) is 5.71. The minimum Gasteiger partial charge on any atom is -0.463 e. The molecule has 120 valence electrons. The Bertz CT molecular complexity index is 982. The van der Waals surface area contributed by atoms with E-state index >= 15 is 0 Å². The van der Waals surface area contributed by atoms with E-state index in [9.17, 15) is 9.59 Å². The van der Waals surface area contributed by atoms with Gasteiger partial charge in [0, 0.05) is 11.8 Å². The highest BCUT2D eigenvalue weighted by Crippen LogP contribution is 2.14. The van der Waals surface area contributed by atoms with E-state index in [1.54, 1.807) is 12.1 Å². The van der Waals surface area contributed by atoms with Gasteiger partial charge in [-0.05, 0) is 44.2 Å². The van der Waals surface area contributed by atoms with Crippen molar-refractivity contribution in [1.82, 2.24) is 0 Å². The Balaban J connectivity index is 1.82. The molecule has 0 bridgehead atoms. The van der Waals surface area contributed by atoms with E-state index < -0.39 is 0 Å². The van der Waals surface area contributed by atoms with Crippen LogP contribution in [0, 0.1) is 13.8 Å². The summed E-state index contributed by atoms with van der Waals surface area (Å²) in [5.74, 6) is -0.303. The molecule has 0 aliphatic carbocycles. The molecule has 3 rings (SSSR count). The highest BCUT2D eigenvalue weighted by Gasteiger charge is 2.05. The van der Waals surface area contributed by atoms with Gasteiger partial charge < -0.3 is 9.73 Å². The normalized spacial score (nSPS) is 11.1. The molecule has 1 aromatic heterocycles. The fraction of sp³-hybridized carbons (Fsp3) is 0.100. The Morgan fingerprint density at radius 3 is 2.50 bits per heavy atom. The largest absolute Gasteiger partial charge is 0.463 e. The number of hydrogen-bond donors (Lipinski definition) is 1. The van der Waals surface area contributed by atoms with Crippen molar-refractivity contribution in [2.75, 3.05) is 5.32 Å². The molecule has 3 aromatic rings. The van der Waals surface area contributed by atoms with E-state index in [1.165, 1.54) is 18.4 Å². The van der Waals surface area contributed by atoms with Gasteiger partial charge in [0.1, 0.15) is 11.8 Å². The number of anilines is 1. The fourth-order valence-electron chi connectivity index (χ4n) is 2.36. The number of fused-ring (bicyclic) bond motifs is 1. The summed E-state index contributed by atoms with van der Waals surface area (Å²) >= 11 is 0. The first-order valence-electron chi connectivity index (χ1n) is 7.61. The van der Waals surface area contributed by atoms with Gasteiger partial charge in [-0.3, -0.25) is 9.59 Å². The molecule has 1 amide bonds. The van der Waals surface area contributed by atoms with Crippen LogP contribution < -0.4 is 10.7 Å². The molecule has 0 radical (unpaired) electrons.